The number of nitrogens with two attached hydrogens (primary N) is 1. The van der Waals surface area contributed by atoms with Crippen LogP contribution in [0.2, 0.25) is 5.02 Å². The summed E-state index contributed by atoms with van der Waals surface area (Å²) in [6.45, 7) is 0. The molecule has 2 N–H and O–H groups in total. The summed E-state index contributed by atoms with van der Waals surface area (Å²) in [7, 11) is 0. The van der Waals surface area contributed by atoms with E-state index in [2.05, 4.69) is 15.9 Å². The molecule has 0 aromatic heterocycles. The molecule has 2 unspecified atom stereocenters. The number of ether oxygens (including phenoxy) is 1. The highest BCUT2D eigenvalue weighted by atomic mass is 79.9. The molecule has 0 amide bonds. The molecule has 3 rings (SSSR count). The Morgan fingerprint density at radius 3 is 2.80 bits per heavy atom. The van der Waals surface area contributed by atoms with Crippen molar-refractivity contribution in [1.82, 2.24) is 0 Å². The second kappa shape index (κ2) is 5.35. The molecular formula is C15H12BrClFNO. The molecule has 2 atom stereocenters. The highest BCUT2D eigenvalue weighted by Crippen LogP contribution is 2.41. The normalized spacial score (nSPS) is 21.2. The van der Waals surface area contributed by atoms with E-state index in [1.165, 1.54) is 12.1 Å². The van der Waals surface area contributed by atoms with Crippen LogP contribution >= 0.6 is 27.5 Å². The molecule has 0 aliphatic carbocycles. The van der Waals surface area contributed by atoms with Crippen LogP contribution in [0.25, 0.3) is 0 Å². The van der Waals surface area contributed by atoms with E-state index in [9.17, 15) is 4.39 Å². The Hall–Kier alpha value is -1.10. The molecule has 2 aromatic carbocycles. The molecule has 0 fully saturated rings. The lowest BCUT2D eigenvalue weighted by atomic mass is 9.93. The van der Waals surface area contributed by atoms with Crippen molar-refractivity contribution < 1.29 is 9.13 Å². The molecule has 1 heterocycles. The van der Waals surface area contributed by atoms with Crippen LogP contribution in [0.1, 0.15) is 29.7 Å². The Bertz CT molecular complexity index is 644. The number of rotatable bonds is 1. The summed E-state index contributed by atoms with van der Waals surface area (Å²) in [5.74, 6) is 0.355. The summed E-state index contributed by atoms with van der Waals surface area (Å²) in [5, 5.41) is 0.359. The van der Waals surface area contributed by atoms with Crippen molar-refractivity contribution >= 4 is 27.5 Å². The Morgan fingerprint density at radius 2 is 2.05 bits per heavy atom. The van der Waals surface area contributed by atoms with E-state index in [1.807, 2.05) is 18.2 Å². The fourth-order valence-corrected chi connectivity index (χ4v) is 3.01. The summed E-state index contributed by atoms with van der Waals surface area (Å²) < 4.78 is 20.3. The molecule has 0 radical (unpaired) electrons. The average molecular weight is 357 g/mol. The fraction of sp³-hybridized carbons (Fsp3) is 0.200. The smallest absolute Gasteiger partial charge is 0.126 e. The largest absolute Gasteiger partial charge is 0.485 e. The van der Waals surface area contributed by atoms with Crippen LogP contribution in [-0.4, -0.2) is 0 Å². The molecule has 0 bridgehead atoms. The molecule has 0 spiro atoms. The minimum atomic E-state index is -0.371. The number of fused-ring (bicyclic) bond motifs is 1. The zero-order valence-corrected chi connectivity index (χ0v) is 12.8. The number of benzene rings is 2. The van der Waals surface area contributed by atoms with Crippen molar-refractivity contribution in [3.8, 4) is 5.75 Å². The van der Waals surface area contributed by atoms with Crippen molar-refractivity contribution in [2.75, 3.05) is 0 Å². The van der Waals surface area contributed by atoms with Gasteiger partial charge in [0.1, 0.15) is 17.7 Å². The third-order valence-electron chi connectivity index (χ3n) is 3.37. The first-order valence-electron chi connectivity index (χ1n) is 6.20. The van der Waals surface area contributed by atoms with Crippen LogP contribution in [0.4, 0.5) is 4.39 Å². The van der Waals surface area contributed by atoms with Crippen LogP contribution in [0.5, 0.6) is 5.75 Å². The summed E-state index contributed by atoms with van der Waals surface area (Å²) in [4.78, 5) is 0. The number of hydrogen-bond acceptors (Lipinski definition) is 2. The molecular weight excluding hydrogens is 345 g/mol. The first-order chi connectivity index (χ1) is 9.52. The quantitative estimate of drug-likeness (QED) is 0.799. The summed E-state index contributed by atoms with van der Waals surface area (Å²) in [6.07, 6.45) is 0.300. The van der Waals surface area contributed by atoms with Crippen LogP contribution in [-0.2, 0) is 0 Å². The van der Waals surface area contributed by atoms with E-state index in [1.54, 1.807) is 6.07 Å². The van der Waals surface area contributed by atoms with Gasteiger partial charge in [-0.15, -0.1) is 0 Å². The van der Waals surface area contributed by atoms with Crippen molar-refractivity contribution in [2.24, 2.45) is 5.73 Å². The molecule has 104 valence electrons. The third-order valence-corrected chi connectivity index (χ3v) is 4.08. The van der Waals surface area contributed by atoms with E-state index < -0.39 is 0 Å². The van der Waals surface area contributed by atoms with Crippen LogP contribution in [0, 0.1) is 5.82 Å². The molecule has 1 aliphatic rings. The van der Waals surface area contributed by atoms with Gasteiger partial charge in [-0.25, -0.2) is 4.39 Å². The molecule has 5 heteroatoms. The molecule has 0 saturated heterocycles. The Morgan fingerprint density at radius 1 is 1.25 bits per heavy atom. The Labute approximate surface area is 129 Å². The zero-order valence-electron chi connectivity index (χ0n) is 10.4. The summed E-state index contributed by atoms with van der Waals surface area (Å²) >= 11 is 9.30. The van der Waals surface area contributed by atoms with Gasteiger partial charge >= 0.3 is 0 Å². The second-order valence-electron chi connectivity index (χ2n) is 4.83. The topological polar surface area (TPSA) is 35.2 Å². The number of halogens is 3. The van der Waals surface area contributed by atoms with Gasteiger partial charge in [-0.1, -0.05) is 33.6 Å². The lowest BCUT2D eigenvalue weighted by molar-refractivity contribution is 0.161. The van der Waals surface area contributed by atoms with E-state index in [4.69, 9.17) is 22.1 Å². The lowest BCUT2D eigenvalue weighted by Crippen LogP contribution is -2.24. The fourth-order valence-electron chi connectivity index (χ4n) is 2.44. The van der Waals surface area contributed by atoms with Crippen LogP contribution < -0.4 is 10.5 Å². The Balaban J connectivity index is 1.98. The predicted octanol–water partition coefficient (Wildman–Crippen LogP) is 4.77. The van der Waals surface area contributed by atoms with Gasteiger partial charge in [-0.05, 0) is 35.9 Å². The van der Waals surface area contributed by atoms with Crippen molar-refractivity contribution in [2.45, 2.75) is 18.6 Å². The van der Waals surface area contributed by atoms with Crippen LogP contribution in [0.3, 0.4) is 0 Å². The van der Waals surface area contributed by atoms with Gasteiger partial charge in [0.2, 0.25) is 0 Å². The van der Waals surface area contributed by atoms with Crippen molar-refractivity contribution in [1.29, 1.82) is 0 Å². The lowest BCUT2D eigenvalue weighted by Gasteiger charge is -2.30. The zero-order chi connectivity index (χ0) is 14.3. The highest BCUT2D eigenvalue weighted by Gasteiger charge is 2.27. The Kier molecular flexibility index (Phi) is 3.71. The first kappa shape index (κ1) is 13.9. The van der Waals surface area contributed by atoms with E-state index >= 15 is 0 Å². The SMILES string of the molecule is NC1CC(c2cc(F)cc(Cl)c2)Oc2cc(Br)ccc21. The monoisotopic (exact) mass is 355 g/mol. The number of hydrogen-bond donors (Lipinski definition) is 1. The second-order valence-corrected chi connectivity index (χ2v) is 6.19. The van der Waals surface area contributed by atoms with Gasteiger partial charge in [0.05, 0.1) is 0 Å². The molecule has 2 nitrogen and oxygen atoms in total. The van der Waals surface area contributed by atoms with E-state index in [0.717, 1.165) is 15.8 Å². The van der Waals surface area contributed by atoms with Crippen molar-refractivity contribution in [3.05, 3.63) is 62.8 Å². The summed E-state index contributed by atoms with van der Waals surface area (Å²) in [6, 6.07) is 10.0. The van der Waals surface area contributed by atoms with E-state index in [0.29, 0.717) is 17.0 Å². The molecule has 2 aromatic rings. The maximum atomic E-state index is 13.5. The van der Waals surface area contributed by atoms with E-state index in [-0.39, 0.29) is 18.0 Å². The molecule has 20 heavy (non-hydrogen) atoms. The minimum absolute atomic E-state index is 0.140. The highest BCUT2D eigenvalue weighted by molar-refractivity contribution is 9.10. The summed E-state index contributed by atoms with van der Waals surface area (Å²) in [5.41, 5.74) is 7.85. The maximum Gasteiger partial charge on any atom is 0.126 e. The van der Waals surface area contributed by atoms with Gasteiger partial charge in [0, 0.05) is 27.5 Å². The van der Waals surface area contributed by atoms with Crippen LogP contribution in [0.15, 0.2) is 40.9 Å². The first-order valence-corrected chi connectivity index (χ1v) is 7.38. The average Bonchev–Trinajstić information content (AvgIpc) is 2.36. The van der Waals surface area contributed by atoms with Gasteiger partial charge < -0.3 is 10.5 Å². The van der Waals surface area contributed by atoms with Gasteiger partial charge in [-0.2, -0.15) is 0 Å². The van der Waals surface area contributed by atoms with Gasteiger partial charge in [0.15, 0.2) is 0 Å². The van der Waals surface area contributed by atoms with Crippen molar-refractivity contribution in [3.63, 3.8) is 0 Å². The predicted molar refractivity (Wildman–Crippen MR) is 80.5 cm³/mol. The molecule has 0 saturated carbocycles. The third kappa shape index (κ3) is 2.68. The maximum absolute atomic E-state index is 13.5. The van der Waals surface area contributed by atoms with Gasteiger partial charge in [-0.3, -0.25) is 0 Å². The minimum Gasteiger partial charge on any atom is -0.485 e. The standard InChI is InChI=1S/C15H12BrClFNO/c16-9-1-2-12-13(19)7-14(20-15(12)5-9)8-3-10(17)6-11(18)4-8/h1-6,13-14H,7,19H2. The molecule has 1 aliphatic heterocycles. The van der Waals surface area contributed by atoms with Gasteiger partial charge in [0.25, 0.3) is 0 Å².